The predicted molar refractivity (Wildman–Crippen MR) is 174 cm³/mol. The number of nitrogens with zero attached hydrogens (tertiary/aromatic N) is 2. The topological polar surface area (TPSA) is 74.6 Å². The Kier molecular flexibility index (Phi) is 8.92. The molecule has 0 aliphatic carbocycles. The number of rotatable bonds is 9. The molecule has 6 nitrogen and oxygen atoms in total. The van der Waals surface area contributed by atoms with Gasteiger partial charge < -0.3 is 14.8 Å². The van der Waals surface area contributed by atoms with Crippen molar-refractivity contribution >= 4 is 86.8 Å². The molecule has 0 saturated heterocycles. The molecule has 5 rings (SSSR count). The van der Waals surface area contributed by atoms with Crippen molar-refractivity contribution in [3.05, 3.63) is 106 Å². The summed E-state index contributed by atoms with van der Waals surface area (Å²) in [7, 11) is -4.25. The number of benzene rings is 4. The molecule has 0 fully saturated rings. The van der Waals surface area contributed by atoms with Crippen LogP contribution < -0.4 is 5.32 Å². The fourth-order valence-electron chi connectivity index (χ4n) is 4.85. The molecule has 0 aliphatic rings. The molecular formula is C30H27Br2N3O3S2. The van der Waals surface area contributed by atoms with Gasteiger partial charge in [-0.3, -0.25) is 4.55 Å². The number of thiocarbonyl (C=S) groups is 1. The lowest BCUT2D eigenvalue weighted by Crippen LogP contribution is -2.37. The Morgan fingerprint density at radius 1 is 0.850 bits per heavy atom. The zero-order valence-corrected chi connectivity index (χ0v) is 26.2. The molecule has 2 N–H and O–H groups in total. The van der Waals surface area contributed by atoms with E-state index in [-0.39, 0.29) is 4.90 Å². The molecule has 0 amide bonds. The van der Waals surface area contributed by atoms with E-state index in [0.29, 0.717) is 10.8 Å². The van der Waals surface area contributed by atoms with Crippen molar-refractivity contribution < 1.29 is 13.0 Å². The van der Waals surface area contributed by atoms with Crippen LogP contribution in [0.5, 0.6) is 0 Å². The maximum absolute atomic E-state index is 11.4. The summed E-state index contributed by atoms with van der Waals surface area (Å²) in [5.41, 5.74) is 4.26. The van der Waals surface area contributed by atoms with Gasteiger partial charge in [-0.2, -0.15) is 8.42 Å². The number of fused-ring (bicyclic) bond motifs is 3. The van der Waals surface area contributed by atoms with Crippen LogP contribution >= 0.6 is 44.1 Å². The highest BCUT2D eigenvalue weighted by Crippen LogP contribution is 2.33. The molecule has 10 heteroatoms. The molecule has 4 aromatic carbocycles. The Bertz CT molecular complexity index is 1710. The van der Waals surface area contributed by atoms with Crippen LogP contribution in [0.1, 0.15) is 12.0 Å². The average molecular weight is 702 g/mol. The zero-order valence-electron chi connectivity index (χ0n) is 21.4. The maximum atomic E-state index is 11.4. The lowest BCUT2D eigenvalue weighted by Gasteiger charge is -2.26. The molecule has 5 aromatic rings. The molecule has 0 saturated carbocycles. The Morgan fingerprint density at radius 3 is 2.02 bits per heavy atom. The summed E-state index contributed by atoms with van der Waals surface area (Å²) in [5, 5.41) is 6.21. The highest BCUT2D eigenvalue weighted by Gasteiger charge is 2.15. The smallest absolute Gasteiger partial charge is 0.294 e. The molecule has 0 unspecified atom stereocenters. The Balaban J connectivity index is 1.34. The van der Waals surface area contributed by atoms with E-state index in [0.717, 1.165) is 41.4 Å². The van der Waals surface area contributed by atoms with Crippen LogP contribution in [0.15, 0.2) is 105 Å². The van der Waals surface area contributed by atoms with Crippen molar-refractivity contribution in [1.29, 1.82) is 0 Å². The summed E-state index contributed by atoms with van der Waals surface area (Å²) in [6, 6.07) is 29.0. The van der Waals surface area contributed by atoms with Crippen molar-refractivity contribution in [2.75, 3.05) is 18.4 Å². The number of aryl methyl sites for hydroxylation is 1. The minimum Gasteiger partial charge on any atom is -0.349 e. The first-order valence-electron chi connectivity index (χ1n) is 12.7. The van der Waals surface area contributed by atoms with Gasteiger partial charge >= 0.3 is 0 Å². The normalized spacial score (nSPS) is 11.7. The van der Waals surface area contributed by atoms with Crippen molar-refractivity contribution in [2.45, 2.75) is 24.3 Å². The third-order valence-electron chi connectivity index (χ3n) is 6.80. The van der Waals surface area contributed by atoms with Gasteiger partial charge in [0.1, 0.15) is 0 Å². The van der Waals surface area contributed by atoms with Gasteiger partial charge in [0.15, 0.2) is 5.11 Å². The molecule has 0 radical (unpaired) electrons. The minimum atomic E-state index is -4.25. The van der Waals surface area contributed by atoms with Gasteiger partial charge in [0.05, 0.1) is 4.90 Å². The van der Waals surface area contributed by atoms with Crippen molar-refractivity contribution in [1.82, 2.24) is 9.47 Å². The van der Waals surface area contributed by atoms with Crippen LogP contribution in [-0.2, 0) is 23.1 Å². The van der Waals surface area contributed by atoms with Crippen molar-refractivity contribution in [2.24, 2.45) is 0 Å². The lowest BCUT2D eigenvalue weighted by molar-refractivity contribution is 0.408. The highest BCUT2D eigenvalue weighted by molar-refractivity contribution is 9.10. The summed E-state index contributed by atoms with van der Waals surface area (Å²) in [6.07, 6.45) is 1.70. The van der Waals surface area contributed by atoms with Gasteiger partial charge in [-0.1, -0.05) is 62.2 Å². The van der Waals surface area contributed by atoms with Crippen LogP contribution in [-0.4, -0.2) is 40.6 Å². The molecule has 0 spiro atoms. The minimum absolute atomic E-state index is 0.157. The Labute approximate surface area is 256 Å². The van der Waals surface area contributed by atoms with E-state index < -0.39 is 10.1 Å². The second-order valence-electron chi connectivity index (χ2n) is 9.48. The van der Waals surface area contributed by atoms with E-state index >= 15 is 0 Å². The first-order valence-corrected chi connectivity index (χ1v) is 16.2. The van der Waals surface area contributed by atoms with Gasteiger partial charge in [-0.15, -0.1) is 0 Å². The average Bonchev–Trinajstić information content (AvgIpc) is 3.22. The number of halogens is 2. The van der Waals surface area contributed by atoms with E-state index in [1.54, 1.807) is 12.1 Å². The number of hydrogen-bond acceptors (Lipinski definition) is 3. The largest absolute Gasteiger partial charge is 0.349 e. The van der Waals surface area contributed by atoms with Gasteiger partial charge in [0.2, 0.25) is 0 Å². The summed E-state index contributed by atoms with van der Waals surface area (Å²) in [4.78, 5) is 2.00. The molecule has 0 bridgehead atoms. The summed E-state index contributed by atoms with van der Waals surface area (Å²) >= 11 is 13.0. The Morgan fingerprint density at radius 2 is 1.45 bits per heavy atom. The number of anilines is 1. The maximum Gasteiger partial charge on any atom is 0.294 e. The monoisotopic (exact) mass is 699 g/mol. The van der Waals surface area contributed by atoms with Crippen LogP contribution in [0, 0.1) is 0 Å². The van der Waals surface area contributed by atoms with Crippen LogP contribution in [0.3, 0.4) is 0 Å². The van der Waals surface area contributed by atoms with Crippen LogP contribution in [0.25, 0.3) is 21.8 Å². The molecule has 40 heavy (non-hydrogen) atoms. The molecule has 206 valence electrons. The third kappa shape index (κ3) is 6.75. The van der Waals surface area contributed by atoms with Crippen molar-refractivity contribution in [3.63, 3.8) is 0 Å². The number of hydrogen-bond donors (Lipinski definition) is 2. The summed E-state index contributed by atoms with van der Waals surface area (Å²) in [6.45, 7) is 2.28. The molecular weight excluding hydrogens is 674 g/mol. The van der Waals surface area contributed by atoms with Gasteiger partial charge in [-0.05, 0) is 91.3 Å². The van der Waals surface area contributed by atoms with Crippen LogP contribution in [0.4, 0.5) is 5.69 Å². The second-order valence-corrected chi connectivity index (χ2v) is 13.1. The molecule has 0 aliphatic heterocycles. The van der Waals surface area contributed by atoms with Gasteiger partial charge in [-0.25, -0.2) is 0 Å². The number of aromatic nitrogens is 1. The quantitative estimate of drug-likeness (QED) is 0.120. The van der Waals surface area contributed by atoms with E-state index in [1.807, 2.05) is 18.2 Å². The van der Waals surface area contributed by atoms with Crippen LogP contribution in [0.2, 0.25) is 0 Å². The zero-order chi connectivity index (χ0) is 28.3. The van der Waals surface area contributed by atoms with Gasteiger partial charge in [0, 0.05) is 56.1 Å². The van der Waals surface area contributed by atoms with E-state index in [1.165, 1.54) is 39.5 Å². The van der Waals surface area contributed by atoms with E-state index in [4.69, 9.17) is 12.2 Å². The standard InChI is InChI=1S/C30H27Br2N3O3S2/c31-22-7-13-28-26(19-22)27-20-23(32)8-14-29(27)35(28)17-4-16-34(18-15-21-5-2-1-3-6-21)30(39)33-24-9-11-25(12-10-24)40(36,37)38/h1-3,5-14,19-20H,4,15-18H2,(H,33,39)(H,36,37,38). The van der Waals surface area contributed by atoms with Gasteiger partial charge in [0.25, 0.3) is 10.1 Å². The Hall–Kier alpha value is -2.76. The molecule has 0 atom stereocenters. The first kappa shape index (κ1) is 28.8. The second kappa shape index (κ2) is 12.4. The van der Waals surface area contributed by atoms with Crippen molar-refractivity contribution in [3.8, 4) is 0 Å². The lowest BCUT2D eigenvalue weighted by atomic mass is 10.1. The fraction of sp³-hybridized carbons (Fsp3) is 0.167. The summed E-state index contributed by atoms with van der Waals surface area (Å²) < 4.78 is 36.5. The molecule has 1 aromatic heterocycles. The summed E-state index contributed by atoms with van der Waals surface area (Å²) in [5.74, 6) is 0. The third-order valence-corrected chi connectivity index (χ3v) is 9.02. The molecule has 1 heterocycles. The SMILES string of the molecule is O=S(=O)(O)c1ccc(NC(=S)N(CCCn2c3ccc(Br)cc3c3cc(Br)ccc32)CCc2ccccc2)cc1. The first-order chi connectivity index (χ1) is 19.2. The highest BCUT2D eigenvalue weighted by atomic mass is 79.9. The fourth-order valence-corrected chi connectivity index (χ4v) is 6.35. The van der Waals surface area contributed by atoms with E-state index in [9.17, 15) is 13.0 Å². The predicted octanol–water partition coefficient (Wildman–Crippen LogP) is 7.90. The number of nitrogens with one attached hydrogen (secondary N) is 1. The van der Waals surface area contributed by atoms with E-state index in [2.05, 4.69) is 95.2 Å².